The van der Waals surface area contributed by atoms with E-state index in [9.17, 15) is 0 Å². The highest BCUT2D eigenvalue weighted by molar-refractivity contribution is 6.31. The summed E-state index contributed by atoms with van der Waals surface area (Å²) in [5, 5.41) is 5.00. The molecule has 0 fully saturated rings. The number of benzene rings is 1. The first-order valence-electron chi connectivity index (χ1n) is 6.69. The Morgan fingerprint density at radius 1 is 1.35 bits per heavy atom. The zero-order valence-electron chi connectivity index (χ0n) is 11.8. The van der Waals surface area contributed by atoms with E-state index in [0.717, 1.165) is 23.6 Å². The van der Waals surface area contributed by atoms with Crippen LogP contribution in [-0.2, 0) is 13.5 Å². The van der Waals surface area contributed by atoms with Crippen LogP contribution in [0.4, 0.5) is 0 Å². The van der Waals surface area contributed by atoms with E-state index >= 15 is 0 Å². The Morgan fingerprint density at radius 3 is 2.65 bits per heavy atom. The van der Waals surface area contributed by atoms with Crippen molar-refractivity contribution >= 4 is 11.6 Å². The number of hydrogen-bond donors (Lipinski definition) is 1. The van der Waals surface area contributed by atoms with Crippen molar-refractivity contribution in [2.45, 2.75) is 25.8 Å². The van der Waals surface area contributed by atoms with Gasteiger partial charge in [-0.05, 0) is 25.5 Å². The van der Waals surface area contributed by atoms with Gasteiger partial charge in [-0.15, -0.1) is 0 Å². The lowest BCUT2D eigenvalue weighted by Gasteiger charge is -2.13. The maximum absolute atomic E-state index is 6.22. The van der Waals surface area contributed by atoms with Crippen LogP contribution < -0.4 is 10.5 Å². The quantitative estimate of drug-likeness (QED) is 0.891. The molecule has 0 aliphatic rings. The van der Waals surface area contributed by atoms with Crippen molar-refractivity contribution in [3.05, 3.63) is 46.7 Å². The van der Waals surface area contributed by atoms with Gasteiger partial charge in [-0.2, -0.15) is 5.10 Å². The van der Waals surface area contributed by atoms with Crippen LogP contribution in [0.2, 0.25) is 5.02 Å². The number of para-hydroxylation sites is 1. The van der Waals surface area contributed by atoms with Gasteiger partial charge in [0.1, 0.15) is 5.75 Å². The summed E-state index contributed by atoms with van der Waals surface area (Å²) in [5.41, 5.74) is 7.96. The highest BCUT2D eigenvalue weighted by Gasteiger charge is 2.14. The molecule has 2 rings (SSSR count). The zero-order chi connectivity index (χ0) is 14.5. The number of halogens is 1. The second-order valence-electron chi connectivity index (χ2n) is 4.88. The van der Waals surface area contributed by atoms with Gasteiger partial charge in [0.15, 0.2) is 0 Å². The van der Waals surface area contributed by atoms with E-state index in [2.05, 4.69) is 5.10 Å². The Kier molecular flexibility index (Phi) is 5.04. The van der Waals surface area contributed by atoms with Gasteiger partial charge in [0.25, 0.3) is 0 Å². The van der Waals surface area contributed by atoms with Gasteiger partial charge in [-0.3, -0.25) is 4.68 Å². The molecule has 2 aromatic rings. The average molecular weight is 294 g/mol. The predicted octanol–water partition coefficient (Wildman–Crippen LogP) is 2.72. The Bertz CT molecular complexity index is 554. The molecule has 2 N–H and O–H groups in total. The maximum atomic E-state index is 6.22. The lowest BCUT2D eigenvalue weighted by atomic mass is 10.1. The van der Waals surface area contributed by atoms with Crippen LogP contribution in [0.15, 0.2) is 30.3 Å². The number of hydrogen-bond acceptors (Lipinski definition) is 3. The van der Waals surface area contributed by atoms with Crippen molar-refractivity contribution < 1.29 is 4.74 Å². The molecule has 0 bridgehead atoms. The third kappa shape index (κ3) is 3.74. The van der Waals surface area contributed by atoms with Gasteiger partial charge < -0.3 is 10.5 Å². The minimum absolute atomic E-state index is 0.00557. The number of rotatable bonds is 6. The molecule has 0 aliphatic carbocycles. The Morgan fingerprint density at radius 2 is 2.05 bits per heavy atom. The van der Waals surface area contributed by atoms with E-state index in [1.165, 1.54) is 0 Å². The van der Waals surface area contributed by atoms with Crippen molar-refractivity contribution in [1.29, 1.82) is 0 Å². The molecule has 1 heterocycles. The molecule has 0 saturated carbocycles. The van der Waals surface area contributed by atoms with Crippen LogP contribution in [0.3, 0.4) is 0 Å². The van der Waals surface area contributed by atoms with Crippen LogP contribution in [0.5, 0.6) is 5.75 Å². The van der Waals surface area contributed by atoms with E-state index in [1.54, 1.807) is 4.68 Å². The van der Waals surface area contributed by atoms with Crippen molar-refractivity contribution in [2.24, 2.45) is 12.8 Å². The largest absolute Gasteiger partial charge is 0.494 e. The fraction of sp³-hybridized carbons (Fsp3) is 0.400. The summed E-state index contributed by atoms with van der Waals surface area (Å²) in [6.07, 6.45) is 1.48. The molecule has 1 unspecified atom stereocenters. The zero-order valence-corrected chi connectivity index (χ0v) is 12.6. The molecule has 4 nitrogen and oxygen atoms in total. The number of aromatic nitrogens is 2. The normalized spacial score (nSPS) is 12.4. The maximum Gasteiger partial charge on any atom is 0.119 e. The van der Waals surface area contributed by atoms with Gasteiger partial charge in [-0.1, -0.05) is 29.8 Å². The molecule has 5 heteroatoms. The molecular weight excluding hydrogens is 274 g/mol. The SMILES string of the molecule is Cc1nn(C)c(CC(N)CCOc2ccccc2)c1Cl. The van der Waals surface area contributed by atoms with Gasteiger partial charge in [0, 0.05) is 19.5 Å². The van der Waals surface area contributed by atoms with Gasteiger partial charge in [-0.25, -0.2) is 0 Å². The van der Waals surface area contributed by atoms with Crippen LogP contribution in [0.1, 0.15) is 17.8 Å². The van der Waals surface area contributed by atoms with Gasteiger partial charge in [0.2, 0.25) is 0 Å². The lowest BCUT2D eigenvalue weighted by Crippen LogP contribution is -2.26. The van der Waals surface area contributed by atoms with Crippen molar-refractivity contribution in [3.8, 4) is 5.75 Å². The van der Waals surface area contributed by atoms with Crippen LogP contribution in [-0.4, -0.2) is 22.4 Å². The average Bonchev–Trinajstić information content (AvgIpc) is 2.67. The fourth-order valence-corrected chi connectivity index (χ4v) is 2.33. The monoisotopic (exact) mass is 293 g/mol. The summed E-state index contributed by atoms with van der Waals surface area (Å²) >= 11 is 6.22. The van der Waals surface area contributed by atoms with Crippen molar-refractivity contribution in [2.75, 3.05) is 6.61 Å². The second-order valence-corrected chi connectivity index (χ2v) is 5.26. The molecule has 1 aromatic carbocycles. The lowest BCUT2D eigenvalue weighted by molar-refractivity contribution is 0.296. The Hall–Kier alpha value is -1.52. The third-order valence-corrected chi connectivity index (χ3v) is 3.71. The van der Waals surface area contributed by atoms with E-state index in [0.29, 0.717) is 18.1 Å². The Labute approximate surface area is 124 Å². The second kappa shape index (κ2) is 6.77. The minimum atomic E-state index is 0.00557. The number of nitrogens with zero attached hydrogens (tertiary/aromatic N) is 2. The molecule has 20 heavy (non-hydrogen) atoms. The van der Waals surface area contributed by atoms with E-state index in [1.807, 2.05) is 44.3 Å². The van der Waals surface area contributed by atoms with E-state index in [4.69, 9.17) is 22.1 Å². The molecule has 1 atom stereocenters. The fourth-order valence-electron chi connectivity index (χ4n) is 2.10. The van der Waals surface area contributed by atoms with Crippen LogP contribution in [0.25, 0.3) is 0 Å². The summed E-state index contributed by atoms with van der Waals surface area (Å²) in [4.78, 5) is 0. The van der Waals surface area contributed by atoms with Gasteiger partial charge >= 0.3 is 0 Å². The van der Waals surface area contributed by atoms with Crippen molar-refractivity contribution in [3.63, 3.8) is 0 Å². The molecule has 1 aromatic heterocycles. The molecule has 0 aliphatic heterocycles. The summed E-state index contributed by atoms with van der Waals surface area (Å²) in [7, 11) is 1.89. The number of nitrogens with two attached hydrogens (primary N) is 1. The highest BCUT2D eigenvalue weighted by Crippen LogP contribution is 2.21. The smallest absolute Gasteiger partial charge is 0.119 e. The molecule has 0 spiro atoms. The first-order chi connectivity index (χ1) is 9.58. The molecule has 0 amide bonds. The predicted molar refractivity (Wildman–Crippen MR) is 81.2 cm³/mol. The first-order valence-corrected chi connectivity index (χ1v) is 7.07. The van der Waals surface area contributed by atoms with E-state index in [-0.39, 0.29) is 6.04 Å². The van der Waals surface area contributed by atoms with Gasteiger partial charge in [0.05, 0.1) is 23.0 Å². The van der Waals surface area contributed by atoms with Crippen molar-refractivity contribution in [1.82, 2.24) is 9.78 Å². The molecule has 0 saturated heterocycles. The molecular formula is C15H20ClN3O. The first kappa shape index (κ1) is 14.9. The summed E-state index contributed by atoms with van der Waals surface area (Å²) < 4.78 is 7.45. The Balaban J connectivity index is 1.82. The van der Waals surface area contributed by atoms with E-state index < -0.39 is 0 Å². The summed E-state index contributed by atoms with van der Waals surface area (Å²) in [6.45, 7) is 2.50. The molecule has 108 valence electrons. The number of ether oxygens (including phenoxy) is 1. The topological polar surface area (TPSA) is 53.1 Å². The summed E-state index contributed by atoms with van der Waals surface area (Å²) in [5.74, 6) is 0.870. The minimum Gasteiger partial charge on any atom is -0.494 e. The summed E-state index contributed by atoms with van der Waals surface area (Å²) in [6, 6.07) is 9.75. The highest BCUT2D eigenvalue weighted by atomic mass is 35.5. The van der Waals surface area contributed by atoms with Crippen LogP contribution in [0, 0.1) is 6.92 Å². The standard InChI is InChI=1S/C15H20ClN3O/c1-11-15(16)14(19(2)18-11)10-12(17)8-9-20-13-6-4-3-5-7-13/h3-7,12H,8-10,17H2,1-2H3. The van der Waals surface area contributed by atoms with Crippen LogP contribution >= 0.6 is 11.6 Å². The molecule has 0 radical (unpaired) electrons. The third-order valence-electron chi connectivity index (χ3n) is 3.22. The number of aryl methyl sites for hydroxylation is 2.